The molecule has 21 heavy (non-hydrogen) atoms. The van der Waals surface area contributed by atoms with Crippen LogP contribution >= 0.6 is 15.9 Å². The van der Waals surface area contributed by atoms with Gasteiger partial charge in [-0.25, -0.2) is 9.97 Å². The van der Waals surface area contributed by atoms with E-state index in [-0.39, 0.29) is 5.41 Å². The van der Waals surface area contributed by atoms with Crippen LogP contribution in [0.5, 0.6) is 0 Å². The number of anilines is 1. The zero-order valence-corrected chi connectivity index (χ0v) is 15.9. The highest BCUT2D eigenvalue weighted by molar-refractivity contribution is 9.10. The molecule has 0 atom stereocenters. The number of ether oxygens (including phenoxy) is 1. The van der Waals surface area contributed by atoms with Crippen LogP contribution in [0.3, 0.4) is 0 Å². The van der Waals surface area contributed by atoms with Crippen LogP contribution in [-0.2, 0) is 15.8 Å². The fourth-order valence-electron chi connectivity index (χ4n) is 2.42. The van der Waals surface area contributed by atoms with Gasteiger partial charge in [0, 0.05) is 19.1 Å². The van der Waals surface area contributed by atoms with Crippen LogP contribution < -0.4 is 5.32 Å². The average Bonchev–Trinajstić information content (AvgIpc) is 2.44. The Labute approximate surface area is 137 Å². The minimum absolute atomic E-state index is 0.0679. The van der Waals surface area contributed by atoms with Gasteiger partial charge in [-0.15, -0.1) is 0 Å². The van der Waals surface area contributed by atoms with Crippen molar-refractivity contribution in [1.29, 1.82) is 0 Å². The zero-order valence-electron chi connectivity index (χ0n) is 14.3. The van der Waals surface area contributed by atoms with Gasteiger partial charge in [-0.3, -0.25) is 0 Å². The molecule has 0 saturated heterocycles. The van der Waals surface area contributed by atoms with Crippen LogP contribution in [0.15, 0.2) is 4.47 Å². The first-order valence-corrected chi connectivity index (χ1v) is 8.45. The number of rotatable bonds is 6. The molecule has 4 nitrogen and oxygen atoms in total. The summed E-state index contributed by atoms with van der Waals surface area (Å²) in [6, 6.07) is 0. The molecule has 1 rings (SSSR count). The second-order valence-corrected chi connectivity index (χ2v) is 6.99. The number of nitrogens with one attached hydrogen (secondary N) is 1. The highest BCUT2D eigenvalue weighted by Gasteiger charge is 2.35. The van der Waals surface area contributed by atoms with Crippen LogP contribution in [0.4, 0.5) is 5.82 Å². The van der Waals surface area contributed by atoms with Gasteiger partial charge < -0.3 is 10.1 Å². The first kappa shape index (κ1) is 18.4. The summed E-state index contributed by atoms with van der Waals surface area (Å²) in [6.07, 6.45) is 1.71. The lowest BCUT2D eigenvalue weighted by Gasteiger charge is -2.32. The van der Waals surface area contributed by atoms with Gasteiger partial charge in [-0.05, 0) is 35.7 Å². The molecule has 0 bridgehead atoms. The van der Waals surface area contributed by atoms with Crippen molar-refractivity contribution >= 4 is 21.7 Å². The summed E-state index contributed by atoms with van der Waals surface area (Å²) >= 11 is 3.63. The lowest BCUT2D eigenvalue weighted by atomic mass is 9.90. The third kappa shape index (κ3) is 3.75. The monoisotopic (exact) mass is 357 g/mol. The molecule has 0 amide bonds. The Hall–Kier alpha value is -0.680. The molecule has 0 aromatic carbocycles. The molecule has 0 spiro atoms. The summed E-state index contributed by atoms with van der Waals surface area (Å²) < 4.78 is 6.98. The molecule has 1 aromatic rings. The topological polar surface area (TPSA) is 47.0 Å². The predicted octanol–water partition coefficient (Wildman–Crippen LogP) is 4.63. The maximum atomic E-state index is 6.05. The van der Waals surface area contributed by atoms with Crippen molar-refractivity contribution in [3.8, 4) is 0 Å². The minimum atomic E-state index is -0.416. The maximum Gasteiger partial charge on any atom is 0.162 e. The van der Waals surface area contributed by atoms with Crippen molar-refractivity contribution in [3.63, 3.8) is 0 Å². The number of aromatic nitrogens is 2. The first-order valence-electron chi connectivity index (χ1n) is 7.65. The molecular formula is C16H28BrN3O. The Morgan fingerprint density at radius 2 is 1.67 bits per heavy atom. The number of nitrogens with zero attached hydrogens (tertiary/aromatic N) is 2. The van der Waals surface area contributed by atoms with Gasteiger partial charge in [0.15, 0.2) is 5.82 Å². The third-order valence-corrected chi connectivity index (χ3v) is 4.52. The second-order valence-electron chi connectivity index (χ2n) is 6.19. The standard InChI is InChI=1S/C16H28BrN3O/c1-8-16(9-2,21-10-3)14-19-12(15(4,5)6)11(17)13(18-7)20-14/h8-10H2,1-7H3,(H,18,19,20). The van der Waals surface area contributed by atoms with E-state index in [0.29, 0.717) is 6.61 Å². The molecule has 1 N–H and O–H groups in total. The Morgan fingerprint density at radius 1 is 1.10 bits per heavy atom. The summed E-state index contributed by atoms with van der Waals surface area (Å²) in [5.74, 6) is 1.59. The molecule has 120 valence electrons. The fourth-order valence-corrected chi connectivity index (χ4v) is 3.39. The van der Waals surface area contributed by atoms with E-state index in [1.165, 1.54) is 0 Å². The van der Waals surface area contributed by atoms with Crippen molar-refractivity contribution in [3.05, 3.63) is 16.0 Å². The molecule has 5 heteroatoms. The fraction of sp³-hybridized carbons (Fsp3) is 0.750. The van der Waals surface area contributed by atoms with Crippen molar-refractivity contribution in [1.82, 2.24) is 9.97 Å². The van der Waals surface area contributed by atoms with E-state index >= 15 is 0 Å². The van der Waals surface area contributed by atoms with Crippen molar-refractivity contribution in [2.24, 2.45) is 0 Å². The van der Waals surface area contributed by atoms with Gasteiger partial charge >= 0.3 is 0 Å². The van der Waals surface area contributed by atoms with Crippen LogP contribution in [0, 0.1) is 0 Å². The molecule has 0 unspecified atom stereocenters. The second kappa shape index (κ2) is 7.05. The molecule has 0 aliphatic heterocycles. The normalized spacial score (nSPS) is 12.6. The summed E-state index contributed by atoms with van der Waals surface area (Å²) in [5.41, 5.74) is 0.519. The average molecular weight is 358 g/mol. The van der Waals surface area contributed by atoms with Gasteiger partial charge in [-0.2, -0.15) is 0 Å². The summed E-state index contributed by atoms with van der Waals surface area (Å²) in [7, 11) is 1.88. The third-order valence-electron chi connectivity index (χ3n) is 3.77. The summed E-state index contributed by atoms with van der Waals surface area (Å²) in [6.45, 7) is 13.4. The lowest BCUT2D eigenvalue weighted by molar-refractivity contribution is -0.0573. The van der Waals surface area contributed by atoms with E-state index in [9.17, 15) is 0 Å². The quantitative estimate of drug-likeness (QED) is 0.805. The van der Waals surface area contributed by atoms with Crippen LogP contribution in [-0.4, -0.2) is 23.6 Å². The van der Waals surface area contributed by atoms with E-state index in [2.05, 4.69) is 55.9 Å². The van der Waals surface area contributed by atoms with Gasteiger partial charge in [0.05, 0.1) is 10.2 Å². The van der Waals surface area contributed by atoms with Crippen molar-refractivity contribution in [2.45, 2.75) is 65.4 Å². The van der Waals surface area contributed by atoms with Crippen LogP contribution in [0.2, 0.25) is 0 Å². The highest BCUT2D eigenvalue weighted by Crippen LogP contribution is 2.37. The zero-order chi connectivity index (χ0) is 16.3. The van der Waals surface area contributed by atoms with E-state index < -0.39 is 5.60 Å². The Kier molecular flexibility index (Phi) is 6.17. The van der Waals surface area contributed by atoms with Gasteiger partial charge in [0.25, 0.3) is 0 Å². The number of hydrogen-bond acceptors (Lipinski definition) is 4. The molecule has 0 fully saturated rings. The Balaban J connectivity index is 3.56. The largest absolute Gasteiger partial charge is 0.372 e. The highest BCUT2D eigenvalue weighted by atomic mass is 79.9. The molecule has 0 aliphatic carbocycles. The molecule has 0 saturated carbocycles. The molecule has 1 heterocycles. The van der Waals surface area contributed by atoms with Crippen molar-refractivity contribution < 1.29 is 4.74 Å². The first-order chi connectivity index (χ1) is 9.75. The summed E-state index contributed by atoms with van der Waals surface area (Å²) in [4.78, 5) is 9.57. The van der Waals surface area contributed by atoms with Crippen molar-refractivity contribution in [2.75, 3.05) is 19.0 Å². The smallest absolute Gasteiger partial charge is 0.162 e. The molecule has 0 aliphatic rings. The lowest BCUT2D eigenvalue weighted by Crippen LogP contribution is -2.32. The molecule has 1 aromatic heterocycles. The van der Waals surface area contributed by atoms with Gasteiger partial charge in [-0.1, -0.05) is 34.6 Å². The Bertz CT molecular complexity index is 479. The van der Waals surface area contributed by atoms with E-state index in [4.69, 9.17) is 14.7 Å². The number of hydrogen-bond donors (Lipinski definition) is 1. The van der Waals surface area contributed by atoms with E-state index in [1.54, 1.807) is 0 Å². The SMILES string of the molecule is CCOC(CC)(CC)c1nc(NC)c(Br)c(C(C)(C)C)n1. The van der Waals surface area contributed by atoms with Gasteiger partial charge in [0.2, 0.25) is 0 Å². The van der Waals surface area contributed by atoms with Crippen LogP contribution in [0.25, 0.3) is 0 Å². The Morgan fingerprint density at radius 3 is 2.05 bits per heavy atom. The van der Waals surface area contributed by atoms with E-state index in [0.717, 1.165) is 34.7 Å². The maximum absolute atomic E-state index is 6.05. The molecular weight excluding hydrogens is 330 g/mol. The molecule has 0 radical (unpaired) electrons. The summed E-state index contributed by atoms with van der Waals surface area (Å²) in [5, 5.41) is 3.16. The minimum Gasteiger partial charge on any atom is -0.372 e. The number of halogens is 1. The predicted molar refractivity (Wildman–Crippen MR) is 91.9 cm³/mol. The van der Waals surface area contributed by atoms with Crippen LogP contribution in [0.1, 0.15) is 65.9 Å². The van der Waals surface area contributed by atoms with Gasteiger partial charge in [0.1, 0.15) is 11.4 Å². The van der Waals surface area contributed by atoms with E-state index in [1.807, 2.05) is 14.0 Å².